The summed E-state index contributed by atoms with van der Waals surface area (Å²) in [7, 11) is 1.83. The molecule has 0 radical (unpaired) electrons. The van der Waals surface area contributed by atoms with Gasteiger partial charge in [-0.2, -0.15) is 0 Å². The van der Waals surface area contributed by atoms with Crippen LogP contribution in [-0.2, 0) is 4.74 Å². The highest BCUT2D eigenvalue weighted by Gasteiger charge is 2.29. The number of hydrogen-bond acceptors (Lipinski definition) is 3. The summed E-state index contributed by atoms with van der Waals surface area (Å²) < 4.78 is 5.70. The van der Waals surface area contributed by atoms with Crippen LogP contribution in [0.5, 0.6) is 0 Å². The summed E-state index contributed by atoms with van der Waals surface area (Å²) in [4.78, 5) is 0. The van der Waals surface area contributed by atoms with Crippen molar-refractivity contribution in [3.8, 4) is 0 Å². The van der Waals surface area contributed by atoms with Gasteiger partial charge >= 0.3 is 0 Å². The second-order valence-electron chi connectivity index (χ2n) is 4.77. The Morgan fingerprint density at radius 2 is 2.20 bits per heavy atom. The van der Waals surface area contributed by atoms with Gasteiger partial charge in [-0.1, -0.05) is 26.7 Å². The van der Waals surface area contributed by atoms with Crippen LogP contribution in [-0.4, -0.2) is 31.1 Å². The first-order valence-electron chi connectivity index (χ1n) is 6.15. The zero-order valence-corrected chi connectivity index (χ0v) is 10.2. The van der Waals surface area contributed by atoms with E-state index in [1.165, 1.54) is 12.8 Å². The standard InChI is InChI=1S/C12H25NO2/c1-4-10-6-5-9(2)7-11(10)15-12(14)8-13-3/h9-14H,4-8H2,1-3H3. The predicted molar refractivity (Wildman–Crippen MR) is 61.6 cm³/mol. The number of hydrogen-bond donors (Lipinski definition) is 2. The van der Waals surface area contributed by atoms with Crippen molar-refractivity contribution in [3.63, 3.8) is 0 Å². The van der Waals surface area contributed by atoms with Crippen molar-refractivity contribution in [3.05, 3.63) is 0 Å². The Kier molecular flexibility index (Phi) is 5.58. The normalized spacial score (nSPS) is 34.0. The average molecular weight is 215 g/mol. The fourth-order valence-corrected chi connectivity index (χ4v) is 2.45. The van der Waals surface area contributed by atoms with Gasteiger partial charge in [0.1, 0.15) is 0 Å². The number of ether oxygens (including phenoxy) is 1. The van der Waals surface area contributed by atoms with Crippen molar-refractivity contribution in [2.75, 3.05) is 13.6 Å². The molecule has 4 unspecified atom stereocenters. The monoisotopic (exact) mass is 215 g/mol. The number of aliphatic hydroxyl groups is 1. The zero-order valence-electron chi connectivity index (χ0n) is 10.2. The van der Waals surface area contributed by atoms with E-state index >= 15 is 0 Å². The largest absolute Gasteiger partial charge is 0.367 e. The fraction of sp³-hybridized carbons (Fsp3) is 1.00. The second kappa shape index (κ2) is 6.46. The molecule has 0 aromatic carbocycles. The molecule has 0 heterocycles. The zero-order chi connectivity index (χ0) is 11.3. The van der Waals surface area contributed by atoms with Crippen molar-refractivity contribution >= 4 is 0 Å². The van der Waals surface area contributed by atoms with Crippen molar-refractivity contribution in [1.82, 2.24) is 5.32 Å². The minimum absolute atomic E-state index is 0.252. The molecule has 0 spiro atoms. The molecule has 1 saturated carbocycles. The summed E-state index contributed by atoms with van der Waals surface area (Å²) in [6.07, 6.45) is 4.40. The second-order valence-corrected chi connectivity index (χ2v) is 4.77. The number of rotatable bonds is 5. The summed E-state index contributed by atoms with van der Waals surface area (Å²) >= 11 is 0. The summed E-state index contributed by atoms with van der Waals surface area (Å²) in [5.41, 5.74) is 0. The topological polar surface area (TPSA) is 41.5 Å². The van der Waals surface area contributed by atoms with Crippen LogP contribution in [0.15, 0.2) is 0 Å². The minimum atomic E-state index is -0.653. The van der Waals surface area contributed by atoms with E-state index in [-0.39, 0.29) is 6.10 Å². The quantitative estimate of drug-likeness (QED) is 0.687. The average Bonchev–Trinajstić information content (AvgIpc) is 2.18. The van der Waals surface area contributed by atoms with E-state index in [4.69, 9.17) is 4.74 Å². The van der Waals surface area contributed by atoms with Crippen LogP contribution >= 0.6 is 0 Å². The molecule has 0 bridgehead atoms. The minimum Gasteiger partial charge on any atom is -0.367 e. The summed E-state index contributed by atoms with van der Waals surface area (Å²) in [6.45, 7) is 5.00. The molecule has 0 aromatic heterocycles. The van der Waals surface area contributed by atoms with Gasteiger partial charge in [0.2, 0.25) is 0 Å². The van der Waals surface area contributed by atoms with E-state index in [1.54, 1.807) is 0 Å². The first-order chi connectivity index (χ1) is 7.17. The Morgan fingerprint density at radius 3 is 2.80 bits per heavy atom. The van der Waals surface area contributed by atoms with Crippen LogP contribution in [0.2, 0.25) is 0 Å². The molecule has 3 nitrogen and oxygen atoms in total. The number of nitrogens with one attached hydrogen (secondary N) is 1. The van der Waals surface area contributed by atoms with Crippen LogP contribution in [0.3, 0.4) is 0 Å². The van der Waals surface area contributed by atoms with E-state index in [0.717, 1.165) is 18.8 Å². The summed E-state index contributed by atoms with van der Waals surface area (Å²) in [6, 6.07) is 0. The SMILES string of the molecule is CCC1CCC(C)CC1OC(O)CNC. The smallest absolute Gasteiger partial charge is 0.167 e. The van der Waals surface area contributed by atoms with E-state index in [9.17, 15) is 5.11 Å². The number of aliphatic hydroxyl groups excluding tert-OH is 1. The van der Waals surface area contributed by atoms with Gasteiger partial charge in [0, 0.05) is 6.54 Å². The van der Waals surface area contributed by atoms with Gasteiger partial charge in [-0.25, -0.2) is 0 Å². The maximum absolute atomic E-state index is 9.62. The Bertz CT molecular complexity index is 175. The maximum Gasteiger partial charge on any atom is 0.167 e. The highest BCUT2D eigenvalue weighted by atomic mass is 16.6. The highest BCUT2D eigenvalue weighted by Crippen LogP contribution is 2.33. The van der Waals surface area contributed by atoms with Crippen LogP contribution in [0.25, 0.3) is 0 Å². The van der Waals surface area contributed by atoms with E-state index < -0.39 is 6.29 Å². The molecule has 1 rings (SSSR count). The fourth-order valence-electron chi connectivity index (χ4n) is 2.45. The third-order valence-electron chi connectivity index (χ3n) is 3.43. The van der Waals surface area contributed by atoms with E-state index in [1.807, 2.05) is 7.05 Å². The molecule has 90 valence electrons. The predicted octanol–water partition coefficient (Wildman–Crippen LogP) is 1.76. The molecular weight excluding hydrogens is 190 g/mol. The van der Waals surface area contributed by atoms with Crippen molar-refractivity contribution < 1.29 is 9.84 Å². The van der Waals surface area contributed by atoms with Crippen LogP contribution in [0, 0.1) is 11.8 Å². The lowest BCUT2D eigenvalue weighted by atomic mass is 9.79. The lowest BCUT2D eigenvalue weighted by Gasteiger charge is -2.35. The van der Waals surface area contributed by atoms with E-state index in [2.05, 4.69) is 19.2 Å². The van der Waals surface area contributed by atoms with Gasteiger partial charge in [0.25, 0.3) is 0 Å². The van der Waals surface area contributed by atoms with Crippen LogP contribution in [0.1, 0.15) is 39.5 Å². The molecule has 0 saturated heterocycles. The molecule has 15 heavy (non-hydrogen) atoms. The van der Waals surface area contributed by atoms with Gasteiger partial charge in [0.05, 0.1) is 6.10 Å². The molecule has 1 fully saturated rings. The molecule has 2 N–H and O–H groups in total. The third kappa shape index (κ3) is 4.09. The molecule has 4 atom stereocenters. The lowest BCUT2D eigenvalue weighted by Crippen LogP contribution is -2.37. The number of likely N-dealkylation sites (N-methyl/N-ethyl adjacent to an activating group) is 1. The molecular formula is C12H25NO2. The first kappa shape index (κ1) is 12.9. The first-order valence-corrected chi connectivity index (χ1v) is 6.15. The van der Waals surface area contributed by atoms with Crippen molar-refractivity contribution in [2.24, 2.45) is 11.8 Å². The van der Waals surface area contributed by atoms with E-state index in [0.29, 0.717) is 12.5 Å². The third-order valence-corrected chi connectivity index (χ3v) is 3.43. The molecule has 0 aromatic rings. The summed E-state index contributed by atoms with van der Waals surface area (Å²) in [5, 5.41) is 12.5. The summed E-state index contributed by atoms with van der Waals surface area (Å²) in [5.74, 6) is 1.37. The lowest BCUT2D eigenvalue weighted by molar-refractivity contribution is -0.160. The molecule has 1 aliphatic carbocycles. The Balaban J connectivity index is 2.40. The molecule has 1 aliphatic rings. The van der Waals surface area contributed by atoms with Gasteiger partial charge in [-0.15, -0.1) is 0 Å². The van der Waals surface area contributed by atoms with Crippen molar-refractivity contribution in [2.45, 2.75) is 51.9 Å². The van der Waals surface area contributed by atoms with Gasteiger partial charge < -0.3 is 15.2 Å². The molecule has 3 heteroatoms. The molecule has 0 amide bonds. The van der Waals surface area contributed by atoms with Crippen LogP contribution < -0.4 is 5.32 Å². The highest BCUT2D eigenvalue weighted by molar-refractivity contribution is 4.78. The molecule has 0 aliphatic heterocycles. The van der Waals surface area contributed by atoms with Gasteiger partial charge in [0.15, 0.2) is 6.29 Å². The van der Waals surface area contributed by atoms with Crippen molar-refractivity contribution in [1.29, 1.82) is 0 Å². The Labute approximate surface area is 93.2 Å². The van der Waals surface area contributed by atoms with Gasteiger partial charge in [-0.3, -0.25) is 0 Å². The van der Waals surface area contributed by atoms with Crippen LogP contribution in [0.4, 0.5) is 0 Å². The Hall–Kier alpha value is -0.120. The van der Waals surface area contributed by atoms with Gasteiger partial charge in [-0.05, 0) is 31.7 Å². The Morgan fingerprint density at radius 1 is 1.47 bits per heavy atom. The maximum atomic E-state index is 9.62.